The molecule has 0 saturated heterocycles. The monoisotopic (exact) mass is 496 g/mol. The van der Waals surface area contributed by atoms with Crippen LogP contribution in [0.25, 0.3) is 0 Å². The molecule has 1 atom stereocenters. The van der Waals surface area contributed by atoms with Crippen LogP contribution in [0.5, 0.6) is 0 Å². The van der Waals surface area contributed by atoms with E-state index in [1.807, 2.05) is 44.4 Å². The summed E-state index contributed by atoms with van der Waals surface area (Å²) in [5.41, 5.74) is 3.71. The summed E-state index contributed by atoms with van der Waals surface area (Å²) in [5.74, 6) is 2.53. The van der Waals surface area contributed by atoms with E-state index in [0.29, 0.717) is 12.5 Å². The third kappa shape index (κ3) is 11.1. The van der Waals surface area contributed by atoms with Crippen molar-refractivity contribution in [2.45, 2.75) is 106 Å². The van der Waals surface area contributed by atoms with Crippen LogP contribution < -0.4 is 10.6 Å². The number of aromatic nitrogens is 1. The molecule has 0 bridgehead atoms. The van der Waals surface area contributed by atoms with E-state index >= 15 is 0 Å². The van der Waals surface area contributed by atoms with Gasteiger partial charge in [0.2, 0.25) is 0 Å². The average molecular weight is 497 g/mol. The molecule has 36 heavy (non-hydrogen) atoms. The molecule has 0 aromatic carbocycles. The Labute approximate surface area is 221 Å². The van der Waals surface area contributed by atoms with Crippen molar-refractivity contribution in [2.24, 2.45) is 16.0 Å². The van der Waals surface area contributed by atoms with E-state index < -0.39 is 0 Å². The number of hydrogen-bond donors (Lipinski definition) is 2. The number of unbranched alkanes of at least 4 members (excludes halogenated alkanes) is 3. The highest BCUT2D eigenvalue weighted by atomic mass is 15.5. The van der Waals surface area contributed by atoms with Gasteiger partial charge in [0.1, 0.15) is 5.82 Å². The van der Waals surface area contributed by atoms with Gasteiger partial charge in [0.05, 0.1) is 6.54 Å². The van der Waals surface area contributed by atoms with Crippen LogP contribution >= 0.6 is 0 Å². The van der Waals surface area contributed by atoms with Crippen LogP contribution in [0.4, 0.5) is 0 Å². The van der Waals surface area contributed by atoms with Crippen LogP contribution in [0.2, 0.25) is 0 Å². The van der Waals surface area contributed by atoms with Crippen LogP contribution in [0.1, 0.15) is 105 Å². The number of pyridine rings is 1. The van der Waals surface area contributed by atoms with Gasteiger partial charge in [-0.1, -0.05) is 72.8 Å². The highest BCUT2D eigenvalue weighted by Gasteiger charge is 2.28. The fraction of sp³-hybridized carbons (Fsp3) is 0.633. The molecule has 1 unspecified atom stereocenters. The number of aliphatic imine (C=N–C) groups is 1. The molecule has 2 N–H and O–H groups in total. The zero-order valence-corrected chi connectivity index (χ0v) is 24.1. The van der Waals surface area contributed by atoms with E-state index in [-0.39, 0.29) is 0 Å². The molecule has 0 radical (unpaired) electrons. The molecule has 0 amide bonds. The first-order valence-corrected chi connectivity index (χ1v) is 14.2. The number of hydrogen-bond acceptors (Lipinski definition) is 5. The molecule has 2 aliphatic heterocycles. The molecular weight excluding hydrogens is 444 g/mol. The second-order valence-electron chi connectivity index (χ2n) is 9.20. The standard InChI is InChI=1S/C25H38N6.C3H8.C2H6/c1-4-10-22(12-7-5-6-8-14-26-3)23-17-24(28-19-21-11-9-15-27-18-21)31-25(30-23)20(2)13-16-29-31;1-3-2;1-2/h9,11,15-18,22,26,30H,4-8,10,12-14,19H2,1-3H3;3H2,1-2H3;1-2H3. The van der Waals surface area contributed by atoms with Gasteiger partial charge in [0.25, 0.3) is 0 Å². The van der Waals surface area contributed by atoms with Crippen LogP contribution in [-0.2, 0) is 6.54 Å². The number of amidine groups is 1. The van der Waals surface area contributed by atoms with Crippen LogP contribution in [-0.4, -0.2) is 35.6 Å². The minimum absolute atomic E-state index is 0.534. The maximum atomic E-state index is 4.93. The Hall–Kier alpha value is -2.47. The van der Waals surface area contributed by atoms with Crippen molar-refractivity contribution in [1.82, 2.24) is 20.6 Å². The first kappa shape index (κ1) is 31.6. The van der Waals surface area contributed by atoms with Gasteiger partial charge in [-0.2, -0.15) is 10.1 Å². The van der Waals surface area contributed by atoms with Crippen LogP contribution in [0.3, 0.4) is 0 Å². The predicted molar refractivity (Wildman–Crippen MR) is 157 cm³/mol. The Balaban J connectivity index is 0.00000120. The quantitative estimate of drug-likeness (QED) is 0.296. The third-order valence-electron chi connectivity index (χ3n) is 5.93. The largest absolute Gasteiger partial charge is 0.343 e. The van der Waals surface area contributed by atoms with E-state index in [4.69, 9.17) is 4.99 Å². The number of nitrogens with one attached hydrogen (secondary N) is 2. The normalized spacial score (nSPS) is 16.2. The second-order valence-corrected chi connectivity index (χ2v) is 9.20. The Morgan fingerprint density at radius 1 is 1.11 bits per heavy atom. The summed E-state index contributed by atoms with van der Waals surface area (Å²) in [5, 5.41) is 13.6. The van der Waals surface area contributed by atoms with E-state index in [1.54, 1.807) is 6.20 Å². The number of rotatable bonds is 12. The van der Waals surface area contributed by atoms with Crippen molar-refractivity contribution in [3.05, 3.63) is 53.3 Å². The predicted octanol–water partition coefficient (Wildman–Crippen LogP) is 7.42. The molecule has 2 aliphatic rings. The van der Waals surface area contributed by atoms with Crippen molar-refractivity contribution in [2.75, 3.05) is 13.6 Å². The summed E-state index contributed by atoms with van der Waals surface area (Å²) in [7, 11) is 2.03. The lowest BCUT2D eigenvalue weighted by Crippen LogP contribution is -2.41. The van der Waals surface area contributed by atoms with E-state index in [0.717, 1.165) is 30.2 Å². The zero-order chi connectivity index (χ0) is 26.6. The first-order valence-electron chi connectivity index (χ1n) is 14.2. The fourth-order valence-electron chi connectivity index (χ4n) is 4.15. The topological polar surface area (TPSA) is 64.9 Å². The number of fused-ring (bicyclic) bond motifs is 1. The van der Waals surface area contributed by atoms with Crippen molar-refractivity contribution < 1.29 is 0 Å². The van der Waals surface area contributed by atoms with E-state index in [9.17, 15) is 0 Å². The lowest BCUT2D eigenvalue weighted by atomic mass is 9.91. The molecule has 1 aromatic heterocycles. The van der Waals surface area contributed by atoms with Gasteiger partial charge in [-0.3, -0.25) is 9.98 Å². The summed E-state index contributed by atoms with van der Waals surface area (Å²) in [4.78, 5) is 9.14. The molecule has 0 aliphatic carbocycles. The lowest BCUT2D eigenvalue weighted by Gasteiger charge is -2.35. The maximum absolute atomic E-state index is 4.93. The minimum Gasteiger partial charge on any atom is -0.343 e. The average Bonchev–Trinajstić information content (AvgIpc) is 2.91. The van der Waals surface area contributed by atoms with Crippen molar-refractivity contribution >= 4 is 12.1 Å². The molecule has 6 nitrogen and oxygen atoms in total. The lowest BCUT2D eigenvalue weighted by molar-refractivity contribution is 0.418. The molecule has 0 saturated carbocycles. The Morgan fingerprint density at radius 3 is 2.53 bits per heavy atom. The van der Waals surface area contributed by atoms with Crippen LogP contribution in [0, 0.1) is 5.92 Å². The third-order valence-corrected chi connectivity index (χ3v) is 5.93. The van der Waals surface area contributed by atoms with Gasteiger partial charge < -0.3 is 10.6 Å². The van der Waals surface area contributed by atoms with Gasteiger partial charge >= 0.3 is 0 Å². The van der Waals surface area contributed by atoms with Crippen LogP contribution in [0.15, 0.2) is 57.8 Å². The van der Waals surface area contributed by atoms with Gasteiger partial charge in [-0.25, -0.2) is 0 Å². The fourth-order valence-corrected chi connectivity index (χ4v) is 4.15. The molecular formula is C30H52N6. The van der Waals surface area contributed by atoms with Gasteiger partial charge in [0, 0.05) is 36.8 Å². The molecule has 3 rings (SSSR count). The summed E-state index contributed by atoms with van der Waals surface area (Å²) in [6.07, 6.45) is 18.7. The number of allylic oxidation sites excluding steroid dienone is 2. The van der Waals surface area contributed by atoms with Gasteiger partial charge in [-0.15, -0.1) is 0 Å². The Kier molecular flexibility index (Phi) is 17.3. The smallest absolute Gasteiger partial charge is 0.153 e. The second kappa shape index (κ2) is 19.7. The molecule has 0 fully saturated rings. The zero-order valence-electron chi connectivity index (χ0n) is 24.1. The summed E-state index contributed by atoms with van der Waals surface area (Å²) in [6.45, 7) is 14.4. The molecule has 6 heteroatoms. The van der Waals surface area contributed by atoms with E-state index in [1.165, 1.54) is 62.6 Å². The van der Waals surface area contributed by atoms with Crippen molar-refractivity contribution in [1.29, 1.82) is 0 Å². The summed E-state index contributed by atoms with van der Waals surface area (Å²) >= 11 is 0. The summed E-state index contributed by atoms with van der Waals surface area (Å²) in [6, 6.07) is 4.03. The Morgan fingerprint density at radius 2 is 1.86 bits per heavy atom. The summed E-state index contributed by atoms with van der Waals surface area (Å²) < 4.78 is 0. The maximum Gasteiger partial charge on any atom is 0.153 e. The molecule has 3 heterocycles. The van der Waals surface area contributed by atoms with Crippen molar-refractivity contribution in [3.63, 3.8) is 0 Å². The first-order chi connectivity index (χ1) is 17.6. The van der Waals surface area contributed by atoms with Gasteiger partial charge in [-0.05, 0) is 62.9 Å². The number of nitrogens with zero attached hydrogens (tertiary/aromatic N) is 4. The van der Waals surface area contributed by atoms with Gasteiger partial charge in [0.15, 0.2) is 5.84 Å². The molecule has 1 aromatic rings. The Bertz CT molecular complexity index is 825. The molecule has 202 valence electrons. The number of hydrazone groups is 1. The SMILES string of the molecule is CC.CCC.CCCC(CCCCCCNC)C1=CC(=NCc2cccnc2)N2N=CCC(C)=C2N1. The molecule has 0 spiro atoms. The van der Waals surface area contributed by atoms with E-state index in [2.05, 4.69) is 60.6 Å². The highest BCUT2D eigenvalue weighted by Crippen LogP contribution is 2.29. The highest BCUT2D eigenvalue weighted by molar-refractivity contribution is 5.96. The van der Waals surface area contributed by atoms with Crippen molar-refractivity contribution in [3.8, 4) is 0 Å². The minimum atomic E-state index is 0.534.